The van der Waals surface area contributed by atoms with Gasteiger partial charge >= 0.3 is 0 Å². The van der Waals surface area contributed by atoms with E-state index in [1.54, 1.807) is 50.6 Å². The summed E-state index contributed by atoms with van der Waals surface area (Å²) < 4.78 is 10.4. The quantitative estimate of drug-likeness (QED) is 0.553. The van der Waals surface area contributed by atoms with Crippen LogP contribution in [-0.4, -0.2) is 25.1 Å². The summed E-state index contributed by atoms with van der Waals surface area (Å²) in [6, 6.07) is 16.2. The van der Waals surface area contributed by atoms with Gasteiger partial charge in [-0.2, -0.15) is 0 Å². The van der Waals surface area contributed by atoms with Crippen molar-refractivity contribution >= 4 is 22.6 Å². The molecule has 0 amide bonds. The molecule has 0 aliphatic heterocycles. The lowest BCUT2D eigenvalue weighted by atomic mass is 10.0. The Morgan fingerprint density at radius 2 is 1.64 bits per heavy atom. The van der Waals surface area contributed by atoms with Crippen LogP contribution in [0.1, 0.15) is 15.9 Å². The minimum atomic E-state index is -0.273. The number of fused-ring (bicyclic) bond motifs is 1. The number of carbonyl (C=O) groups is 1. The molecule has 3 rings (SSSR count). The van der Waals surface area contributed by atoms with Gasteiger partial charge in [-0.15, -0.1) is 0 Å². The molecule has 0 unspecified atom stereocenters. The van der Waals surface area contributed by atoms with Crippen LogP contribution in [0.4, 0.5) is 0 Å². The second-order valence-electron chi connectivity index (χ2n) is 5.53. The van der Waals surface area contributed by atoms with Gasteiger partial charge in [0.25, 0.3) is 0 Å². The fourth-order valence-corrected chi connectivity index (χ4v) is 2.64. The van der Waals surface area contributed by atoms with Crippen molar-refractivity contribution in [2.24, 2.45) is 0 Å². The number of ketones is 1. The fourth-order valence-electron chi connectivity index (χ4n) is 2.64. The third kappa shape index (κ3) is 3.48. The number of phenols is 1. The van der Waals surface area contributed by atoms with Crippen molar-refractivity contribution in [3.05, 3.63) is 71.8 Å². The van der Waals surface area contributed by atoms with E-state index in [0.29, 0.717) is 16.9 Å². The Morgan fingerprint density at radius 1 is 0.960 bits per heavy atom. The lowest BCUT2D eigenvalue weighted by molar-refractivity contribution is 0.104. The minimum Gasteiger partial charge on any atom is -0.507 e. The predicted octanol–water partition coefficient (Wildman–Crippen LogP) is 4.46. The molecule has 0 aliphatic rings. The predicted molar refractivity (Wildman–Crippen MR) is 98.5 cm³/mol. The van der Waals surface area contributed by atoms with Gasteiger partial charge < -0.3 is 14.6 Å². The summed E-state index contributed by atoms with van der Waals surface area (Å²) in [5, 5.41) is 11.9. The summed E-state index contributed by atoms with van der Waals surface area (Å²) in [6.07, 6.45) is 3.10. The number of hydrogen-bond donors (Lipinski definition) is 1. The van der Waals surface area contributed by atoms with Crippen molar-refractivity contribution in [1.29, 1.82) is 0 Å². The van der Waals surface area contributed by atoms with Crippen LogP contribution in [0.5, 0.6) is 17.2 Å². The van der Waals surface area contributed by atoms with Crippen molar-refractivity contribution in [1.82, 2.24) is 0 Å². The van der Waals surface area contributed by atoms with Gasteiger partial charge in [-0.25, -0.2) is 0 Å². The molecule has 0 saturated carbocycles. The van der Waals surface area contributed by atoms with Gasteiger partial charge in [-0.1, -0.05) is 36.4 Å². The normalized spacial score (nSPS) is 11.0. The number of ether oxygens (including phenoxy) is 2. The molecule has 0 atom stereocenters. The van der Waals surface area contributed by atoms with Gasteiger partial charge in [-0.05, 0) is 35.2 Å². The highest BCUT2D eigenvalue weighted by Gasteiger charge is 2.11. The summed E-state index contributed by atoms with van der Waals surface area (Å²) in [7, 11) is 3.14. The fraction of sp³-hybridized carbons (Fsp3) is 0.0952. The molecule has 0 saturated heterocycles. The molecule has 25 heavy (non-hydrogen) atoms. The Hall–Kier alpha value is -3.27. The van der Waals surface area contributed by atoms with E-state index in [1.807, 2.05) is 24.3 Å². The minimum absolute atomic E-state index is 0.00373. The summed E-state index contributed by atoms with van der Waals surface area (Å²) in [5.41, 5.74) is 1.04. The number of allylic oxidation sites excluding steroid dienone is 1. The van der Waals surface area contributed by atoms with Gasteiger partial charge in [0, 0.05) is 11.5 Å². The van der Waals surface area contributed by atoms with Crippen LogP contribution in [0.25, 0.3) is 16.8 Å². The zero-order valence-electron chi connectivity index (χ0n) is 14.0. The van der Waals surface area contributed by atoms with Gasteiger partial charge in [0.1, 0.15) is 17.2 Å². The Bertz CT molecular complexity index is 935. The van der Waals surface area contributed by atoms with Crippen LogP contribution in [0.2, 0.25) is 0 Å². The van der Waals surface area contributed by atoms with Gasteiger partial charge in [-0.3, -0.25) is 4.79 Å². The van der Waals surface area contributed by atoms with Crippen molar-refractivity contribution in [2.75, 3.05) is 14.2 Å². The first kappa shape index (κ1) is 16.6. The molecule has 4 nitrogen and oxygen atoms in total. The first-order valence-corrected chi connectivity index (χ1v) is 7.78. The van der Waals surface area contributed by atoms with Crippen LogP contribution < -0.4 is 9.47 Å². The maximum atomic E-state index is 12.5. The molecule has 0 radical (unpaired) electrons. The number of aromatic hydroxyl groups is 1. The van der Waals surface area contributed by atoms with E-state index in [4.69, 9.17) is 9.47 Å². The number of phenolic OH excluding ortho intramolecular Hbond substituents is 1. The first-order valence-electron chi connectivity index (χ1n) is 7.78. The second-order valence-corrected chi connectivity index (χ2v) is 5.53. The summed E-state index contributed by atoms with van der Waals surface area (Å²) in [5.74, 6) is 1.00. The molecular weight excluding hydrogens is 316 g/mol. The second kappa shape index (κ2) is 7.09. The monoisotopic (exact) mass is 334 g/mol. The highest BCUT2D eigenvalue weighted by molar-refractivity contribution is 6.11. The molecule has 4 heteroatoms. The maximum Gasteiger partial charge on any atom is 0.189 e. The van der Waals surface area contributed by atoms with E-state index in [9.17, 15) is 9.90 Å². The third-order valence-electron chi connectivity index (χ3n) is 3.97. The Labute approximate surface area is 145 Å². The van der Waals surface area contributed by atoms with E-state index in [1.165, 1.54) is 6.08 Å². The molecule has 0 aromatic heterocycles. The molecule has 0 aliphatic carbocycles. The number of benzene rings is 3. The molecule has 0 heterocycles. The molecule has 0 bridgehead atoms. The SMILES string of the molecule is COc1cc(/C=C/C(=O)c2ccc3ccccc3c2O)cc(OC)c1. The van der Waals surface area contributed by atoms with E-state index < -0.39 is 0 Å². The summed E-state index contributed by atoms with van der Waals surface area (Å²) in [4.78, 5) is 12.5. The van der Waals surface area contributed by atoms with Crippen LogP contribution >= 0.6 is 0 Å². The standard InChI is InChI=1S/C21H18O4/c1-24-16-11-14(12-17(13-16)25-2)7-10-20(22)19-9-8-15-5-3-4-6-18(15)21(19)23/h3-13,23H,1-2H3/b10-7+. The average molecular weight is 334 g/mol. The average Bonchev–Trinajstić information content (AvgIpc) is 2.66. The molecule has 3 aromatic rings. The maximum absolute atomic E-state index is 12.5. The number of carbonyl (C=O) groups excluding carboxylic acids is 1. The molecule has 1 N–H and O–H groups in total. The summed E-state index contributed by atoms with van der Waals surface area (Å²) >= 11 is 0. The summed E-state index contributed by atoms with van der Waals surface area (Å²) in [6.45, 7) is 0. The Balaban J connectivity index is 1.92. The van der Waals surface area contributed by atoms with Gasteiger partial charge in [0.05, 0.1) is 19.8 Å². The van der Waals surface area contributed by atoms with Crippen LogP contribution in [0.3, 0.4) is 0 Å². The van der Waals surface area contributed by atoms with Crippen LogP contribution in [-0.2, 0) is 0 Å². The zero-order chi connectivity index (χ0) is 17.8. The lowest BCUT2D eigenvalue weighted by Gasteiger charge is -2.06. The molecule has 3 aromatic carbocycles. The number of methoxy groups -OCH3 is 2. The molecule has 0 spiro atoms. The van der Waals surface area contributed by atoms with E-state index in [0.717, 1.165) is 10.9 Å². The first-order chi connectivity index (χ1) is 12.1. The van der Waals surface area contributed by atoms with E-state index >= 15 is 0 Å². The lowest BCUT2D eigenvalue weighted by Crippen LogP contribution is -1.95. The van der Waals surface area contributed by atoms with Crippen molar-refractivity contribution < 1.29 is 19.4 Å². The topological polar surface area (TPSA) is 55.8 Å². The van der Waals surface area contributed by atoms with Gasteiger partial charge in [0.15, 0.2) is 5.78 Å². The van der Waals surface area contributed by atoms with Crippen molar-refractivity contribution in [2.45, 2.75) is 0 Å². The highest BCUT2D eigenvalue weighted by Crippen LogP contribution is 2.29. The molecular formula is C21H18O4. The zero-order valence-corrected chi connectivity index (χ0v) is 14.0. The van der Waals surface area contributed by atoms with Gasteiger partial charge in [0.2, 0.25) is 0 Å². The Kier molecular flexibility index (Phi) is 4.70. The van der Waals surface area contributed by atoms with Crippen molar-refractivity contribution in [3.63, 3.8) is 0 Å². The van der Waals surface area contributed by atoms with Crippen molar-refractivity contribution in [3.8, 4) is 17.2 Å². The highest BCUT2D eigenvalue weighted by atomic mass is 16.5. The molecule has 0 fully saturated rings. The van der Waals surface area contributed by atoms with Crippen LogP contribution in [0, 0.1) is 0 Å². The van der Waals surface area contributed by atoms with E-state index in [-0.39, 0.29) is 17.1 Å². The molecule has 126 valence electrons. The van der Waals surface area contributed by atoms with E-state index in [2.05, 4.69) is 0 Å². The number of rotatable bonds is 5. The number of hydrogen-bond acceptors (Lipinski definition) is 4. The third-order valence-corrected chi connectivity index (χ3v) is 3.97. The van der Waals surface area contributed by atoms with Crippen LogP contribution in [0.15, 0.2) is 60.7 Å². The smallest absolute Gasteiger partial charge is 0.189 e. The Morgan fingerprint density at radius 3 is 2.32 bits per heavy atom. The largest absolute Gasteiger partial charge is 0.507 e.